The summed E-state index contributed by atoms with van der Waals surface area (Å²) >= 11 is 0. The standard InChI is InChI=1S/C21H21F2N3O4/c1-13(2)19-15(11-25-26(19)18-6-4-5-9-24-18)20(27)29-12-14-7-8-16(30-21(22)23)17(10-14)28-3/h4-11,13,21H,12H2,1-3H3. The van der Waals surface area contributed by atoms with E-state index < -0.39 is 12.6 Å². The highest BCUT2D eigenvalue weighted by Gasteiger charge is 2.22. The number of halogens is 2. The summed E-state index contributed by atoms with van der Waals surface area (Å²) < 4.78 is 41.4. The Hall–Kier alpha value is -3.49. The number of alkyl halides is 2. The summed E-state index contributed by atoms with van der Waals surface area (Å²) in [7, 11) is 1.34. The van der Waals surface area contributed by atoms with Gasteiger partial charge in [0.15, 0.2) is 17.3 Å². The molecule has 0 amide bonds. The number of esters is 1. The predicted molar refractivity (Wildman–Crippen MR) is 104 cm³/mol. The molecule has 158 valence electrons. The number of methoxy groups -OCH3 is 1. The molecule has 0 unspecified atom stereocenters. The number of hydrogen-bond acceptors (Lipinski definition) is 6. The first-order valence-corrected chi connectivity index (χ1v) is 9.19. The molecule has 0 saturated heterocycles. The van der Waals surface area contributed by atoms with Gasteiger partial charge in [0.25, 0.3) is 0 Å². The lowest BCUT2D eigenvalue weighted by atomic mass is 10.1. The lowest BCUT2D eigenvalue weighted by molar-refractivity contribution is -0.0512. The number of rotatable bonds is 8. The SMILES string of the molecule is COc1cc(COC(=O)c2cnn(-c3ccccn3)c2C(C)C)ccc1OC(F)F. The van der Waals surface area contributed by atoms with Crippen molar-refractivity contribution in [3.63, 3.8) is 0 Å². The molecule has 30 heavy (non-hydrogen) atoms. The second kappa shape index (κ2) is 9.34. The number of benzene rings is 1. The number of ether oxygens (including phenoxy) is 3. The molecule has 2 heterocycles. The third-order valence-electron chi connectivity index (χ3n) is 4.25. The number of carbonyl (C=O) groups excluding carboxylic acids is 1. The Labute approximate surface area is 172 Å². The van der Waals surface area contributed by atoms with Crippen LogP contribution in [0.5, 0.6) is 11.5 Å². The van der Waals surface area contributed by atoms with Gasteiger partial charge in [-0.15, -0.1) is 0 Å². The summed E-state index contributed by atoms with van der Waals surface area (Å²) in [6, 6.07) is 9.76. The van der Waals surface area contributed by atoms with Crippen LogP contribution in [0.25, 0.3) is 5.82 Å². The summed E-state index contributed by atoms with van der Waals surface area (Å²) in [5, 5.41) is 4.30. The average molecular weight is 417 g/mol. The molecule has 0 radical (unpaired) electrons. The van der Waals surface area contributed by atoms with Crippen LogP contribution in [-0.4, -0.2) is 34.5 Å². The lowest BCUT2D eigenvalue weighted by Crippen LogP contribution is -2.12. The van der Waals surface area contributed by atoms with E-state index >= 15 is 0 Å². The van der Waals surface area contributed by atoms with Gasteiger partial charge in [-0.2, -0.15) is 13.9 Å². The first kappa shape index (κ1) is 21.2. The van der Waals surface area contributed by atoms with Gasteiger partial charge in [-0.1, -0.05) is 26.0 Å². The molecule has 0 N–H and O–H groups in total. The van der Waals surface area contributed by atoms with Gasteiger partial charge >= 0.3 is 12.6 Å². The first-order chi connectivity index (χ1) is 14.4. The van der Waals surface area contributed by atoms with Crippen molar-refractivity contribution in [1.82, 2.24) is 14.8 Å². The van der Waals surface area contributed by atoms with Gasteiger partial charge in [0.05, 0.1) is 19.0 Å². The molecule has 1 aromatic carbocycles. The number of hydrogen-bond donors (Lipinski definition) is 0. The van der Waals surface area contributed by atoms with Gasteiger partial charge in [0.1, 0.15) is 12.2 Å². The van der Waals surface area contributed by atoms with Crippen LogP contribution in [0.15, 0.2) is 48.8 Å². The smallest absolute Gasteiger partial charge is 0.387 e. The maximum Gasteiger partial charge on any atom is 0.387 e. The monoisotopic (exact) mass is 417 g/mol. The van der Waals surface area contributed by atoms with E-state index in [0.717, 1.165) is 0 Å². The molecule has 0 aliphatic heterocycles. The Balaban J connectivity index is 1.78. The Bertz CT molecular complexity index is 1010. The Morgan fingerprint density at radius 3 is 2.60 bits per heavy atom. The van der Waals surface area contributed by atoms with Crippen molar-refractivity contribution >= 4 is 5.97 Å². The van der Waals surface area contributed by atoms with Crippen LogP contribution < -0.4 is 9.47 Å². The first-order valence-electron chi connectivity index (χ1n) is 9.19. The largest absolute Gasteiger partial charge is 0.493 e. The molecule has 3 aromatic rings. The second-order valence-electron chi connectivity index (χ2n) is 6.64. The van der Waals surface area contributed by atoms with Crippen LogP contribution in [0, 0.1) is 0 Å². The summed E-state index contributed by atoms with van der Waals surface area (Å²) in [6.07, 6.45) is 3.10. The molecule has 0 spiro atoms. The third kappa shape index (κ3) is 4.73. The van der Waals surface area contributed by atoms with Crippen LogP contribution >= 0.6 is 0 Å². The number of nitrogens with zero attached hydrogens (tertiary/aromatic N) is 3. The van der Waals surface area contributed by atoms with E-state index in [4.69, 9.17) is 9.47 Å². The maximum absolute atomic E-state index is 12.7. The van der Waals surface area contributed by atoms with Gasteiger partial charge < -0.3 is 14.2 Å². The van der Waals surface area contributed by atoms with Crippen LogP contribution in [-0.2, 0) is 11.3 Å². The van der Waals surface area contributed by atoms with Crippen LogP contribution in [0.3, 0.4) is 0 Å². The summed E-state index contributed by atoms with van der Waals surface area (Å²) in [4.78, 5) is 17.0. The van der Waals surface area contributed by atoms with Crippen molar-refractivity contribution in [3.8, 4) is 17.3 Å². The number of aromatic nitrogens is 3. The van der Waals surface area contributed by atoms with Crippen molar-refractivity contribution in [2.24, 2.45) is 0 Å². The van der Waals surface area contributed by atoms with Crippen LogP contribution in [0.1, 0.15) is 41.4 Å². The minimum absolute atomic E-state index is 0.0112. The van der Waals surface area contributed by atoms with Crippen molar-refractivity contribution < 1.29 is 27.8 Å². The number of pyridine rings is 1. The highest BCUT2D eigenvalue weighted by Crippen LogP contribution is 2.30. The predicted octanol–water partition coefficient (Wildman–Crippen LogP) is 4.36. The van der Waals surface area contributed by atoms with Crippen molar-refractivity contribution in [1.29, 1.82) is 0 Å². The zero-order chi connectivity index (χ0) is 21.7. The van der Waals surface area contributed by atoms with Gasteiger partial charge in [-0.25, -0.2) is 14.5 Å². The van der Waals surface area contributed by atoms with E-state index in [1.165, 1.54) is 31.5 Å². The van der Waals surface area contributed by atoms with E-state index in [1.54, 1.807) is 23.0 Å². The molecule has 9 heteroatoms. The van der Waals surface area contributed by atoms with Crippen LogP contribution in [0.2, 0.25) is 0 Å². The maximum atomic E-state index is 12.7. The highest BCUT2D eigenvalue weighted by atomic mass is 19.3. The molecule has 2 aromatic heterocycles. The Morgan fingerprint density at radius 2 is 1.97 bits per heavy atom. The van der Waals surface area contributed by atoms with E-state index in [1.807, 2.05) is 19.9 Å². The van der Waals surface area contributed by atoms with Gasteiger partial charge in [-0.3, -0.25) is 0 Å². The highest BCUT2D eigenvalue weighted by molar-refractivity contribution is 5.90. The molecule has 7 nitrogen and oxygen atoms in total. The van der Waals surface area contributed by atoms with Gasteiger partial charge in [0, 0.05) is 6.20 Å². The molecule has 0 bridgehead atoms. The average Bonchev–Trinajstić information content (AvgIpc) is 3.18. The van der Waals surface area contributed by atoms with Crippen molar-refractivity contribution in [3.05, 3.63) is 65.6 Å². The Kier molecular flexibility index (Phi) is 6.61. The van der Waals surface area contributed by atoms with Crippen molar-refractivity contribution in [2.45, 2.75) is 33.0 Å². The summed E-state index contributed by atoms with van der Waals surface area (Å²) in [5.41, 5.74) is 1.57. The molecule has 0 aliphatic carbocycles. The lowest BCUT2D eigenvalue weighted by Gasteiger charge is -2.13. The molecule has 0 atom stereocenters. The molecule has 0 aliphatic rings. The fourth-order valence-electron chi connectivity index (χ4n) is 2.95. The third-order valence-corrected chi connectivity index (χ3v) is 4.25. The van der Waals surface area contributed by atoms with Crippen molar-refractivity contribution in [2.75, 3.05) is 7.11 Å². The van der Waals surface area contributed by atoms with Gasteiger partial charge in [0.2, 0.25) is 0 Å². The molecular weight excluding hydrogens is 396 g/mol. The quantitative estimate of drug-likeness (QED) is 0.507. The van der Waals surface area contributed by atoms with E-state index in [-0.39, 0.29) is 24.0 Å². The molecule has 0 fully saturated rings. The normalized spacial score (nSPS) is 11.0. The topological polar surface area (TPSA) is 75.5 Å². The summed E-state index contributed by atoms with van der Waals surface area (Å²) in [5.74, 6) is 0.0614. The summed E-state index contributed by atoms with van der Waals surface area (Å²) in [6.45, 7) is 0.850. The molecule has 0 saturated carbocycles. The second-order valence-corrected chi connectivity index (χ2v) is 6.64. The fourth-order valence-corrected chi connectivity index (χ4v) is 2.95. The zero-order valence-corrected chi connectivity index (χ0v) is 16.7. The van der Waals surface area contributed by atoms with Gasteiger partial charge in [-0.05, 0) is 35.7 Å². The zero-order valence-electron chi connectivity index (χ0n) is 16.7. The minimum atomic E-state index is -2.97. The Morgan fingerprint density at radius 1 is 1.17 bits per heavy atom. The van der Waals surface area contributed by atoms with E-state index in [2.05, 4.69) is 14.8 Å². The van der Waals surface area contributed by atoms with Crippen LogP contribution in [0.4, 0.5) is 8.78 Å². The van der Waals surface area contributed by atoms with E-state index in [0.29, 0.717) is 22.6 Å². The molecule has 3 rings (SSSR count). The molecular formula is C21H21F2N3O4. The fraction of sp³-hybridized carbons (Fsp3) is 0.286. The van der Waals surface area contributed by atoms with E-state index in [9.17, 15) is 13.6 Å². The minimum Gasteiger partial charge on any atom is -0.493 e. The number of carbonyl (C=O) groups is 1.